The van der Waals surface area contributed by atoms with Crippen LogP contribution in [0.1, 0.15) is 51.0 Å². The Bertz CT molecular complexity index is 349. The number of nitrogens with zero attached hydrogens (tertiary/aromatic N) is 2. The normalized spacial score (nSPS) is 21.5. The molecule has 15 heavy (non-hydrogen) atoms. The van der Waals surface area contributed by atoms with Gasteiger partial charge in [-0.15, -0.1) is 0 Å². The van der Waals surface area contributed by atoms with Crippen molar-refractivity contribution in [3.8, 4) is 0 Å². The van der Waals surface area contributed by atoms with E-state index < -0.39 is 0 Å². The number of rotatable bonds is 1. The van der Waals surface area contributed by atoms with Crippen LogP contribution in [0.25, 0.3) is 0 Å². The number of aryl methyl sites for hydroxylation is 1. The number of imidazole rings is 1. The van der Waals surface area contributed by atoms with Gasteiger partial charge in [-0.2, -0.15) is 0 Å². The van der Waals surface area contributed by atoms with E-state index in [2.05, 4.69) is 36.5 Å². The van der Waals surface area contributed by atoms with E-state index in [1.165, 1.54) is 0 Å². The average Bonchev–Trinajstić information content (AvgIpc) is 2.59. The lowest BCUT2D eigenvalue weighted by Crippen LogP contribution is -2.18. The molecule has 0 saturated carbocycles. The number of fused-ring (bicyclic) bond motifs is 1. The maximum Gasteiger partial charge on any atom is 0.114 e. The van der Waals surface area contributed by atoms with Crippen LogP contribution in [0.15, 0.2) is 6.20 Å². The number of aromatic nitrogens is 2. The quantitative estimate of drug-likeness (QED) is 0.767. The molecule has 3 nitrogen and oxygen atoms in total. The van der Waals surface area contributed by atoms with Crippen LogP contribution in [0.2, 0.25) is 0 Å². The summed E-state index contributed by atoms with van der Waals surface area (Å²) in [7, 11) is 0. The van der Waals surface area contributed by atoms with E-state index in [1.807, 2.05) is 0 Å². The van der Waals surface area contributed by atoms with Gasteiger partial charge in [-0.25, -0.2) is 4.98 Å². The number of aliphatic hydroxyl groups excluding tert-OH is 1. The molecule has 0 aliphatic carbocycles. The summed E-state index contributed by atoms with van der Waals surface area (Å²) in [6, 6.07) is 0. The van der Waals surface area contributed by atoms with E-state index in [0.717, 1.165) is 30.9 Å². The smallest absolute Gasteiger partial charge is 0.114 e. The van der Waals surface area contributed by atoms with Gasteiger partial charge < -0.3 is 9.67 Å². The Morgan fingerprint density at radius 3 is 2.87 bits per heavy atom. The van der Waals surface area contributed by atoms with Crippen molar-refractivity contribution in [1.29, 1.82) is 0 Å². The molecule has 0 saturated heterocycles. The second-order valence-electron chi connectivity index (χ2n) is 5.45. The van der Waals surface area contributed by atoms with Crippen molar-refractivity contribution in [2.24, 2.45) is 0 Å². The lowest BCUT2D eigenvalue weighted by molar-refractivity contribution is 0.238. The van der Waals surface area contributed by atoms with Crippen LogP contribution in [0.3, 0.4) is 0 Å². The minimum absolute atomic E-state index is 0.102. The molecule has 0 spiro atoms. The first-order valence-corrected chi connectivity index (χ1v) is 5.71. The molecule has 2 heterocycles. The molecule has 0 unspecified atom stereocenters. The molecule has 1 atom stereocenters. The SMILES string of the molecule is CC(C)(C)c1cn2c(n1)[C@H](CO)CCC2. The Balaban J connectivity index is 2.37. The molecule has 1 aliphatic rings. The summed E-state index contributed by atoms with van der Waals surface area (Å²) in [4.78, 5) is 4.68. The third-order valence-corrected chi connectivity index (χ3v) is 3.11. The molecule has 0 radical (unpaired) electrons. The van der Waals surface area contributed by atoms with Crippen LogP contribution in [0, 0.1) is 0 Å². The van der Waals surface area contributed by atoms with Gasteiger partial charge in [-0.3, -0.25) is 0 Å². The Labute approximate surface area is 91.1 Å². The van der Waals surface area contributed by atoms with Gasteiger partial charge in [0.15, 0.2) is 0 Å². The fraction of sp³-hybridized carbons (Fsp3) is 0.750. The monoisotopic (exact) mass is 208 g/mol. The van der Waals surface area contributed by atoms with Gasteiger partial charge in [0.2, 0.25) is 0 Å². The van der Waals surface area contributed by atoms with Gasteiger partial charge in [0.1, 0.15) is 5.82 Å². The van der Waals surface area contributed by atoms with E-state index in [9.17, 15) is 5.11 Å². The number of hydrogen-bond donors (Lipinski definition) is 1. The van der Waals surface area contributed by atoms with Gasteiger partial charge in [0, 0.05) is 24.1 Å². The van der Waals surface area contributed by atoms with Crippen molar-refractivity contribution in [3.63, 3.8) is 0 Å². The topological polar surface area (TPSA) is 38.0 Å². The summed E-state index contributed by atoms with van der Waals surface area (Å²) in [6.45, 7) is 7.80. The van der Waals surface area contributed by atoms with Crippen LogP contribution < -0.4 is 0 Å². The highest BCUT2D eigenvalue weighted by Crippen LogP contribution is 2.29. The van der Waals surface area contributed by atoms with Crippen LogP contribution in [0.4, 0.5) is 0 Å². The van der Waals surface area contributed by atoms with Crippen LogP contribution in [0.5, 0.6) is 0 Å². The average molecular weight is 208 g/mol. The lowest BCUT2D eigenvalue weighted by Gasteiger charge is -2.21. The zero-order valence-corrected chi connectivity index (χ0v) is 9.82. The third-order valence-electron chi connectivity index (χ3n) is 3.11. The fourth-order valence-electron chi connectivity index (χ4n) is 2.11. The highest BCUT2D eigenvalue weighted by atomic mass is 16.3. The molecular formula is C12H20N2O. The fourth-order valence-corrected chi connectivity index (χ4v) is 2.11. The molecule has 0 fully saturated rings. The molecule has 1 aromatic heterocycles. The van der Waals surface area contributed by atoms with Crippen LogP contribution in [-0.2, 0) is 12.0 Å². The summed E-state index contributed by atoms with van der Waals surface area (Å²) in [6.07, 6.45) is 4.37. The predicted octanol–water partition coefficient (Wildman–Crippen LogP) is 2.05. The van der Waals surface area contributed by atoms with Gasteiger partial charge >= 0.3 is 0 Å². The van der Waals surface area contributed by atoms with Crippen molar-refractivity contribution < 1.29 is 5.11 Å². The van der Waals surface area contributed by atoms with Gasteiger partial charge in [0.05, 0.1) is 12.3 Å². The van der Waals surface area contributed by atoms with Crippen molar-refractivity contribution in [2.75, 3.05) is 6.61 Å². The first-order valence-electron chi connectivity index (χ1n) is 5.71. The Hall–Kier alpha value is -0.830. The van der Waals surface area contributed by atoms with Crippen molar-refractivity contribution >= 4 is 0 Å². The predicted molar refractivity (Wildman–Crippen MR) is 60.0 cm³/mol. The van der Waals surface area contributed by atoms with Crippen LogP contribution in [-0.4, -0.2) is 21.3 Å². The first kappa shape index (κ1) is 10.7. The summed E-state index contributed by atoms with van der Waals surface area (Å²) in [5, 5.41) is 9.30. The molecule has 1 aromatic rings. The molecule has 0 amide bonds. The Kier molecular flexibility index (Phi) is 2.59. The first-order chi connectivity index (χ1) is 7.02. The van der Waals surface area contributed by atoms with E-state index in [4.69, 9.17) is 0 Å². The molecule has 1 N–H and O–H groups in total. The lowest BCUT2D eigenvalue weighted by atomic mass is 9.93. The highest BCUT2D eigenvalue weighted by molar-refractivity contribution is 5.16. The van der Waals surface area contributed by atoms with Crippen LogP contribution >= 0.6 is 0 Å². The third kappa shape index (κ3) is 1.93. The molecular weight excluding hydrogens is 188 g/mol. The molecule has 2 rings (SSSR count). The summed E-state index contributed by atoms with van der Waals surface area (Å²) >= 11 is 0. The van der Waals surface area contributed by atoms with E-state index in [-0.39, 0.29) is 17.9 Å². The number of aliphatic hydroxyl groups is 1. The Morgan fingerprint density at radius 1 is 1.53 bits per heavy atom. The minimum Gasteiger partial charge on any atom is -0.396 e. The van der Waals surface area contributed by atoms with E-state index in [0.29, 0.717) is 0 Å². The minimum atomic E-state index is 0.102. The second-order valence-corrected chi connectivity index (χ2v) is 5.45. The van der Waals surface area contributed by atoms with E-state index in [1.54, 1.807) is 0 Å². The van der Waals surface area contributed by atoms with E-state index >= 15 is 0 Å². The van der Waals surface area contributed by atoms with Crippen molar-refractivity contribution in [2.45, 2.75) is 51.5 Å². The van der Waals surface area contributed by atoms with Gasteiger partial charge in [-0.1, -0.05) is 20.8 Å². The molecule has 3 heteroatoms. The molecule has 84 valence electrons. The van der Waals surface area contributed by atoms with Gasteiger partial charge in [0.25, 0.3) is 0 Å². The molecule has 0 bridgehead atoms. The number of hydrogen-bond acceptors (Lipinski definition) is 2. The maximum atomic E-state index is 9.30. The zero-order valence-electron chi connectivity index (χ0n) is 9.82. The second kappa shape index (κ2) is 3.63. The summed E-state index contributed by atoms with van der Waals surface area (Å²) in [5.74, 6) is 1.32. The summed E-state index contributed by atoms with van der Waals surface area (Å²) < 4.78 is 2.21. The maximum absolute atomic E-state index is 9.30. The summed E-state index contributed by atoms with van der Waals surface area (Å²) in [5.41, 5.74) is 1.24. The molecule has 0 aromatic carbocycles. The van der Waals surface area contributed by atoms with Crippen molar-refractivity contribution in [3.05, 3.63) is 17.7 Å². The largest absolute Gasteiger partial charge is 0.396 e. The zero-order chi connectivity index (χ0) is 11.1. The Morgan fingerprint density at radius 2 is 2.27 bits per heavy atom. The van der Waals surface area contributed by atoms with Gasteiger partial charge in [-0.05, 0) is 12.8 Å². The standard InChI is InChI=1S/C12H20N2O/c1-12(2,3)10-7-14-6-4-5-9(8-15)11(14)13-10/h7,9,15H,4-6,8H2,1-3H3/t9-/m0/s1. The highest BCUT2D eigenvalue weighted by Gasteiger charge is 2.26. The van der Waals surface area contributed by atoms with Crippen molar-refractivity contribution in [1.82, 2.24) is 9.55 Å². The molecule has 1 aliphatic heterocycles.